The fraction of sp³-hybridized carbons (Fsp3) is 0.350. The van der Waals surface area contributed by atoms with Gasteiger partial charge in [0.15, 0.2) is 5.65 Å². The van der Waals surface area contributed by atoms with Crippen LogP contribution in [0.4, 0.5) is 0 Å². The average molecular weight is 365 g/mol. The number of fused-ring (bicyclic) bond motifs is 1. The Morgan fingerprint density at radius 2 is 2.11 bits per heavy atom. The summed E-state index contributed by atoms with van der Waals surface area (Å²) in [6.45, 7) is 2.53. The van der Waals surface area contributed by atoms with Gasteiger partial charge >= 0.3 is 0 Å². The molecule has 1 aromatic carbocycles. The van der Waals surface area contributed by atoms with E-state index in [1.165, 1.54) is 0 Å². The summed E-state index contributed by atoms with van der Waals surface area (Å²) < 4.78 is 7.04. The van der Waals surface area contributed by atoms with Gasteiger partial charge in [0.25, 0.3) is 5.91 Å². The van der Waals surface area contributed by atoms with Crippen molar-refractivity contribution in [2.75, 3.05) is 26.7 Å². The van der Waals surface area contributed by atoms with Gasteiger partial charge in [-0.1, -0.05) is 0 Å². The minimum atomic E-state index is 0.0453. The molecule has 0 saturated carbocycles. The molecule has 0 spiro atoms. The van der Waals surface area contributed by atoms with Crippen molar-refractivity contribution >= 4 is 16.9 Å². The van der Waals surface area contributed by atoms with E-state index in [0.29, 0.717) is 25.2 Å². The van der Waals surface area contributed by atoms with Crippen molar-refractivity contribution in [3.8, 4) is 5.75 Å². The number of carbonyl (C=O) groups is 1. The van der Waals surface area contributed by atoms with Crippen LogP contribution in [0, 0.1) is 0 Å². The van der Waals surface area contributed by atoms with Gasteiger partial charge in [-0.15, -0.1) is 0 Å². The third-order valence-corrected chi connectivity index (χ3v) is 5.08. The molecule has 0 radical (unpaired) electrons. The monoisotopic (exact) mass is 365 g/mol. The Hall–Kier alpha value is -2.93. The maximum atomic E-state index is 12.8. The van der Waals surface area contributed by atoms with Gasteiger partial charge in [-0.05, 0) is 42.8 Å². The second kappa shape index (κ2) is 7.36. The number of aromatic nitrogens is 3. The largest absolute Gasteiger partial charge is 0.497 e. The van der Waals surface area contributed by atoms with E-state index in [2.05, 4.69) is 4.98 Å². The summed E-state index contributed by atoms with van der Waals surface area (Å²) in [6.07, 6.45) is 2.67. The number of ether oxygens (including phenoxy) is 1. The van der Waals surface area contributed by atoms with E-state index in [1.807, 2.05) is 46.0 Å². The molecule has 1 atom stereocenters. The quantitative estimate of drug-likeness (QED) is 0.748. The molecule has 140 valence electrons. The molecule has 1 aliphatic rings. The Balaban J connectivity index is 1.55. The predicted molar refractivity (Wildman–Crippen MR) is 103 cm³/mol. The summed E-state index contributed by atoms with van der Waals surface area (Å²) in [5, 5.41) is 5.82. The van der Waals surface area contributed by atoms with Crippen molar-refractivity contribution in [2.24, 2.45) is 5.73 Å². The van der Waals surface area contributed by atoms with E-state index in [4.69, 9.17) is 15.6 Å². The lowest BCUT2D eigenvalue weighted by atomic mass is 10.0. The second-order valence-corrected chi connectivity index (χ2v) is 6.74. The van der Waals surface area contributed by atoms with Gasteiger partial charge in [-0.3, -0.25) is 4.79 Å². The number of pyridine rings is 1. The molecule has 7 heteroatoms. The zero-order valence-corrected chi connectivity index (χ0v) is 15.3. The zero-order chi connectivity index (χ0) is 18.8. The molecule has 3 aromatic rings. The number of benzene rings is 1. The Morgan fingerprint density at radius 3 is 2.85 bits per heavy atom. The van der Waals surface area contributed by atoms with Crippen molar-refractivity contribution in [1.82, 2.24) is 19.7 Å². The van der Waals surface area contributed by atoms with E-state index >= 15 is 0 Å². The van der Waals surface area contributed by atoms with Gasteiger partial charge in [-0.2, -0.15) is 5.10 Å². The highest BCUT2D eigenvalue weighted by molar-refractivity contribution is 5.94. The third kappa shape index (κ3) is 3.26. The molecule has 0 unspecified atom stereocenters. The smallest absolute Gasteiger partial charge is 0.253 e. The Bertz CT molecular complexity index is 951. The first-order chi connectivity index (χ1) is 13.2. The number of rotatable bonds is 5. The van der Waals surface area contributed by atoms with Crippen LogP contribution in [-0.2, 0) is 6.54 Å². The molecule has 27 heavy (non-hydrogen) atoms. The third-order valence-electron chi connectivity index (χ3n) is 5.08. The first-order valence-corrected chi connectivity index (χ1v) is 9.16. The molecule has 1 aliphatic heterocycles. The van der Waals surface area contributed by atoms with Crippen LogP contribution in [0.5, 0.6) is 5.75 Å². The van der Waals surface area contributed by atoms with Gasteiger partial charge in [0.2, 0.25) is 0 Å². The number of amides is 1. The molecule has 0 bridgehead atoms. The summed E-state index contributed by atoms with van der Waals surface area (Å²) in [6, 6.07) is 11.2. The molecule has 1 fully saturated rings. The SMILES string of the molecule is COc1ccc(C(=O)N2CC[C@@H](c3nn(CCN)c4ncccc34)C2)cc1. The highest BCUT2D eigenvalue weighted by Crippen LogP contribution is 2.32. The van der Waals surface area contributed by atoms with Crippen LogP contribution in [0.2, 0.25) is 0 Å². The second-order valence-electron chi connectivity index (χ2n) is 6.74. The maximum Gasteiger partial charge on any atom is 0.253 e. The van der Waals surface area contributed by atoms with Gasteiger partial charge < -0.3 is 15.4 Å². The van der Waals surface area contributed by atoms with Crippen molar-refractivity contribution in [3.05, 3.63) is 53.9 Å². The average Bonchev–Trinajstić information content (AvgIpc) is 3.33. The minimum absolute atomic E-state index is 0.0453. The van der Waals surface area contributed by atoms with Crippen LogP contribution < -0.4 is 10.5 Å². The van der Waals surface area contributed by atoms with Crippen molar-refractivity contribution in [1.29, 1.82) is 0 Å². The molecule has 7 nitrogen and oxygen atoms in total. The highest BCUT2D eigenvalue weighted by atomic mass is 16.5. The molecule has 1 saturated heterocycles. The lowest BCUT2D eigenvalue weighted by Crippen LogP contribution is -2.28. The molecule has 2 aromatic heterocycles. The van der Waals surface area contributed by atoms with E-state index in [-0.39, 0.29) is 11.8 Å². The first kappa shape index (κ1) is 17.5. The maximum absolute atomic E-state index is 12.8. The highest BCUT2D eigenvalue weighted by Gasteiger charge is 2.31. The number of carbonyl (C=O) groups excluding carboxylic acids is 1. The van der Waals surface area contributed by atoms with Crippen LogP contribution in [0.15, 0.2) is 42.6 Å². The van der Waals surface area contributed by atoms with Crippen molar-refractivity contribution in [3.63, 3.8) is 0 Å². The van der Waals surface area contributed by atoms with Crippen molar-refractivity contribution in [2.45, 2.75) is 18.9 Å². The predicted octanol–water partition coefficient (Wildman–Crippen LogP) is 2.03. The summed E-state index contributed by atoms with van der Waals surface area (Å²) >= 11 is 0. The number of methoxy groups -OCH3 is 1. The van der Waals surface area contributed by atoms with Crippen LogP contribution >= 0.6 is 0 Å². The number of nitrogens with two attached hydrogens (primary N) is 1. The molecular formula is C20H23N5O2. The zero-order valence-electron chi connectivity index (χ0n) is 15.3. The fourth-order valence-corrected chi connectivity index (χ4v) is 3.70. The molecular weight excluding hydrogens is 342 g/mol. The molecule has 3 heterocycles. The normalized spacial score (nSPS) is 16.8. The topological polar surface area (TPSA) is 86.3 Å². The van der Waals surface area contributed by atoms with Gasteiger partial charge in [0.1, 0.15) is 5.75 Å². The molecule has 2 N–H and O–H groups in total. The van der Waals surface area contributed by atoms with Gasteiger partial charge in [0.05, 0.1) is 19.3 Å². The van der Waals surface area contributed by atoms with Crippen LogP contribution in [-0.4, -0.2) is 52.3 Å². The number of hydrogen-bond donors (Lipinski definition) is 1. The van der Waals surface area contributed by atoms with Gasteiger partial charge in [-0.25, -0.2) is 9.67 Å². The number of hydrogen-bond acceptors (Lipinski definition) is 5. The minimum Gasteiger partial charge on any atom is -0.497 e. The van der Waals surface area contributed by atoms with Crippen molar-refractivity contribution < 1.29 is 9.53 Å². The molecule has 0 aliphatic carbocycles. The van der Waals surface area contributed by atoms with E-state index in [9.17, 15) is 4.79 Å². The first-order valence-electron chi connectivity index (χ1n) is 9.16. The van der Waals surface area contributed by atoms with E-state index in [0.717, 1.165) is 35.4 Å². The van der Waals surface area contributed by atoms with Crippen LogP contribution in [0.1, 0.15) is 28.4 Å². The summed E-state index contributed by atoms with van der Waals surface area (Å²) in [7, 11) is 1.62. The fourth-order valence-electron chi connectivity index (χ4n) is 3.70. The summed E-state index contributed by atoms with van der Waals surface area (Å²) in [5.74, 6) is 0.997. The molecule has 1 amide bonds. The molecule has 4 rings (SSSR count). The Labute approximate surface area is 157 Å². The van der Waals surface area contributed by atoms with E-state index < -0.39 is 0 Å². The Morgan fingerprint density at radius 1 is 1.30 bits per heavy atom. The van der Waals surface area contributed by atoms with E-state index in [1.54, 1.807) is 13.3 Å². The van der Waals surface area contributed by atoms with Gasteiger partial charge in [0, 0.05) is 42.7 Å². The Kier molecular flexibility index (Phi) is 4.77. The standard InChI is InChI=1S/C20H23N5O2/c1-27-16-6-4-14(5-7-16)20(26)24-11-8-15(13-24)18-17-3-2-10-22-19(17)25(23-18)12-9-21/h2-7,10,15H,8-9,11-13,21H2,1H3/t15-/m1/s1. The summed E-state index contributed by atoms with van der Waals surface area (Å²) in [5.41, 5.74) is 8.26. The lowest BCUT2D eigenvalue weighted by Gasteiger charge is -2.16. The lowest BCUT2D eigenvalue weighted by molar-refractivity contribution is 0.0790. The van der Waals surface area contributed by atoms with Crippen LogP contribution in [0.3, 0.4) is 0 Å². The number of likely N-dealkylation sites (tertiary alicyclic amines) is 1. The number of nitrogens with zero attached hydrogens (tertiary/aromatic N) is 4. The van der Waals surface area contributed by atoms with Crippen LogP contribution in [0.25, 0.3) is 11.0 Å². The summed E-state index contributed by atoms with van der Waals surface area (Å²) in [4.78, 5) is 19.2.